The van der Waals surface area contributed by atoms with Crippen molar-refractivity contribution in [3.05, 3.63) is 18.2 Å². The summed E-state index contributed by atoms with van der Waals surface area (Å²) in [7, 11) is 0. The summed E-state index contributed by atoms with van der Waals surface area (Å²) in [5.41, 5.74) is 0. The van der Waals surface area contributed by atoms with Gasteiger partial charge >= 0.3 is 0 Å². The molecule has 0 fully saturated rings. The lowest BCUT2D eigenvalue weighted by Gasteiger charge is -2.06. The Morgan fingerprint density at radius 2 is 1.00 bits per heavy atom. The maximum absolute atomic E-state index is 2.56. The van der Waals surface area contributed by atoms with Gasteiger partial charge in [-0.05, 0) is 25.7 Å². The monoisotopic (exact) mass is 433 g/mol. The number of nitrogens with zero attached hydrogens (tertiary/aromatic N) is 2. The number of rotatable bonds is 23. The van der Waals surface area contributed by atoms with Gasteiger partial charge in [0.2, 0.25) is 0 Å². The zero-order valence-electron chi connectivity index (χ0n) is 21.8. The van der Waals surface area contributed by atoms with E-state index in [1.807, 2.05) is 0 Å². The molecule has 0 radical (unpaired) electrons. The molecular formula is C29H57N2+. The lowest BCUT2D eigenvalue weighted by molar-refractivity contribution is -0.703. The molecule has 0 aliphatic carbocycles. The molecule has 0 unspecified atom stereocenters. The molecule has 0 aliphatic rings. The molecule has 1 aromatic heterocycles. The van der Waals surface area contributed by atoms with E-state index in [4.69, 9.17) is 0 Å². The molecule has 0 bridgehead atoms. The summed E-state index contributed by atoms with van der Waals surface area (Å²) < 4.78 is 5.08. The third-order valence-corrected chi connectivity index (χ3v) is 6.81. The van der Waals surface area contributed by atoms with E-state index in [-0.39, 0.29) is 0 Å². The van der Waals surface area contributed by atoms with Crippen LogP contribution < -0.4 is 4.57 Å². The van der Waals surface area contributed by atoms with Crippen molar-refractivity contribution in [2.75, 3.05) is 0 Å². The van der Waals surface area contributed by atoms with Crippen molar-refractivity contribution in [2.45, 2.75) is 169 Å². The van der Waals surface area contributed by atoms with Gasteiger partial charge < -0.3 is 0 Å². The van der Waals surface area contributed by atoms with Crippen molar-refractivity contribution >= 4 is 0 Å². The number of aromatic nitrogens is 2. The molecule has 0 aromatic carbocycles. The number of imidazole rings is 1. The standard InChI is InChI=1S/C29H57N2/c1-4-7-9-11-12-13-14-15-16-17-18-19-20-22-24-29-30(25-6-3)27-28-31(29)26-23-21-10-8-5-2/h27-28H,4-26H2,1-3H3/q+1. The summed E-state index contributed by atoms with van der Waals surface area (Å²) in [6.45, 7) is 9.29. The second kappa shape index (κ2) is 21.1. The Bertz CT molecular complexity index is 491. The average Bonchev–Trinajstić information content (AvgIpc) is 3.15. The summed E-state index contributed by atoms with van der Waals surface area (Å²) >= 11 is 0. The quantitative estimate of drug-likeness (QED) is 0.120. The first kappa shape index (κ1) is 28.2. The normalized spacial score (nSPS) is 11.5. The molecule has 1 heterocycles. The van der Waals surface area contributed by atoms with Crippen LogP contribution in [-0.2, 0) is 19.5 Å². The minimum Gasteiger partial charge on any atom is -0.234 e. The highest BCUT2D eigenvalue weighted by atomic mass is 15.1. The average molecular weight is 434 g/mol. The van der Waals surface area contributed by atoms with Crippen molar-refractivity contribution < 1.29 is 4.57 Å². The molecule has 182 valence electrons. The predicted molar refractivity (Wildman–Crippen MR) is 138 cm³/mol. The molecule has 0 amide bonds. The smallest absolute Gasteiger partial charge is 0.234 e. The summed E-state index contributed by atoms with van der Waals surface area (Å²) in [5, 5.41) is 0. The van der Waals surface area contributed by atoms with Crippen molar-refractivity contribution in [1.29, 1.82) is 0 Å². The number of aryl methyl sites for hydroxylation is 2. The lowest BCUT2D eigenvalue weighted by Crippen LogP contribution is -2.37. The van der Waals surface area contributed by atoms with Gasteiger partial charge in [-0.3, -0.25) is 0 Å². The van der Waals surface area contributed by atoms with Crippen LogP contribution in [0.3, 0.4) is 0 Å². The summed E-state index contributed by atoms with van der Waals surface area (Å²) in [4.78, 5) is 0. The van der Waals surface area contributed by atoms with Crippen molar-refractivity contribution in [3.63, 3.8) is 0 Å². The van der Waals surface area contributed by atoms with Crippen LogP contribution in [0.15, 0.2) is 12.4 Å². The summed E-state index contributed by atoms with van der Waals surface area (Å²) in [6.07, 6.45) is 34.2. The van der Waals surface area contributed by atoms with Gasteiger partial charge in [-0.2, -0.15) is 0 Å². The van der Waals surface area contributed by atoms with E-state index in [0.717, 1.165) is 0 Å². The third-order valence-electron chi connectivity index (χ3n) is 6.81. The Kier molecular flexibility index (Phi) is 19.2. The van der Waals surface area contributed by atoms with E-state index >= 15 is 0 Å². The van der Waals surface area contributed by atoms with E-state index in [2.05, 4.69) is 42.3 Å². The van der Waals surface area contributed by atoms with Crippen LogP contribution in [-0.4, -0.2) is 4.57 Å². The van der Waals surface area contributed by atoms with E-state index in [1.165, 1.54) is 148 Å². The van der Waals surface area contributed by atoms with Crippen molar-refractivity contribution in [3.8, 4) is 0 Å². The third kappa shape index (κ3) is 14.8. The zero-order chi connectivity index (χ0) is 22.4. The second-order valence-corrected chi connectivity index (χ2v) is 9.86. The fourth-order valence-electron chi connectivity index (χ4n) is 4.80. The molecule has 0 saturated carbocycles. The minimum atomic E-state index is 1.18. The number of unbranched alkanes of at least 4 members (excludes halogenated alkanes) is 17. The summed E-state index contributed by atoms with van der Waals surface area (Å²) in [5.74, 6) is 1.58. The second-order valence-electron chi connectivity index (χ2n) is 9.86. The Balaban J connectivity index is 2.09. The van der Waals surface area contributed by atoms with E-state index < -0.39 is 0 Å². The first-order valence-corrected chi connectivity index (χ1v) is 14.4. The minimum absolute atomic E-state index is 1.18. The molecule has 0 aliphatic heterocycles. The van der Waals surface area contributed by atoms with Crippen LogP contribution >= 0.6 is 0 Å². The predicted octanol–water partition coefficient (Wildman–Crippen LogP) is 9.18. The maximum atomic E-state index is 2.56. The van der Waals surface area contributed by atoms with Crippen LogP contribution in [0.5, 0.6) is 0 Å². The highest BCUT2D eigenvalue weighted by molar-refractivity contribution is 4.84. The highest BCUT2D eigenvalue weighted by Crippen LogP contribution is 2.14. The SMILES string of the molecule is CCCCCCCCCCCCCCCCc1n(CCCCCCC)cc[n+]1CCC. The van der Waals surface area contributed by atoms with Gasteiger partial charge in [0, 0.05) is 6.42 Å². The molecule has 2 nitrogen and oxygen atoms in total. The van der Waals surface area contributed by atoms with Crippen LogP contribution in [0.1, 0.15) is 155 Å². The molecule has 1 aromatic rings. The molecule has 2 heteroatoms. The molecule has 0 spiro atoms. The van der Waals surface area contributed by atoms with Gasteiger partial charge in [-0.25, -0.2) is 9.13 Å². The van der Waals surface area contributed by atoms with Gasteiger partial charge in [-0.1, -0.05) is 124 Å². The fraction of sp³-hybridized carbons (Fsp3) is 0.897. The van der Waals surface area contributed by atoms with E-state index in [9.17, 15) is 0 Å². The van der Waals surface area contributed by atoms with Crippen LogP contribution in [0.4, 0.5) is 0 Å². The number of hydrogen-bond acceptors (Lipinski definition) is 0. The van der Waals surface area contributed by atoms with Gasteiger partial charge in [0.05, 0.1) is 13.1 Å². The van der Waals surface area contributed by atoms with Gasteiger partial charge in [0.1, 0.15) is 12.4 Å². The molecule has 0 atom stereocenters. The molecule has 31 heavy (non-hydrogen) atoms. The Morgan fingerprint density at radius 1 is 0.548 bits per heavy atom. The highest BCUT2D eigenvalue weighted by Gasteiger charge is 2.15. The molecular weight excluding hydrogens is 376 g/mol. The maximum Gasteiger partial charge on any atom is 0.256 e. The largest absolute Gasteiger partial charge is 0.256 e. The first-order chi connectivity index (χ1) is 15.3. The Labute approximate surface area is 196 Å². The van der Waals surface area contributed by atoms with Crippen LogP contribution in [0, 0.1) is 0 Å². The Hall–Kier alpha value is -0.790. The fourth-order valence-corrected chi connectivity index (χ4v) is 4.80. The molecule has 0 saturated heterocycles. The summed E-state index contributed by atoms with van der Waals surface area (Å²) in [6, 6.07) is 0. The van der Waals surface area contributed by atoms with Crippen molar-refractivity contribution in [1.82, 2.24) is 4.57 Å². The van der Waals surface area contributed by atoms with Gasteiger partial charge in [-0.15, -0.1) is 0 Å². The van der Waals surface area contributed by atoms with E-state index in [1.54, 1.807) is 5.82 Å². The molecule has 0 N–H and O–H groups in total. The Morgan fingerprint density at radius 3 is 1.48 bits per heavy atom. The number of hydrogen-bond donors (Lipinski definition) is 0. The van der Waals surface area contributed by atoms with Crippen molar-refractivity contribution in [2.24, 2.45) is 0 Å². The van der Waals surface area contributed by atoms with Gasteiger partial charge in [0.25, 0.3) is 5.82 Å². The van der Waals surface area contributed by atoms with Crippen LogP contribution in [0.25, 0.3) is 0 Å². The topological polar surface area (TPSA) is 8.81 Å². The van der Waals surface area contributed by atoms with E-state index in [0.29, 0.717) is 0 Å². The molecule has 1 rings (SSSR count). The zero-order valence-corrected chi connectivity index (χ0v) is 21.8. The van der Waals surface area contributed by atoms with Crippen LogP contribution in [0.2, 0.25) is 0 Å². The van der Waals surface area contributed by atoms with Gasteiger partial charge in [0.15, 0.2) is 0 Å². The first-order valence-electron chi connectivity index (χ1n) is 14.4. The lowest BCUT2D eigenvalue weighted by atomic mass is 10.0.